The van der Waals surface area contributed by atoms with E-state index >= 15 is 0 Å². The van der Waals surface area contributed by atoms with Crippen molar-refractivity contribution in [1.82, 2.24) is 15.2 Å². The normalized spacial score (nSPS) is 17.0. The number of nitrogens with zero attached hydrogens (tertiary/aromatic N) is 2. The lowest BCUT2D eigenvalue weighted by molar-refractivity contribution is -0.127. The number of carbonyl (C=O) groups excluding carboxylic acids is 2. The molecule has 6 nitrogen and oxygen atoms in total. The van der Waals surface area contributed by atoms with E-state index in [0.717, 1.165) is 43.0 Å². The van der Waals surface area contributed by atoms with Crippen LogP contribution in [0.4, 0.5) is 0 Å². The number of piperidine rings is 1. The summed E-state index contributed by atoms with van der Waals surface area (Å²) < 4.78 is 5.45. The average molecular weight is 381 g/mol. The molecule has 3 rings (SSSR count). The number of aromatic nitrogens is 1. The van der Waals surface area contributed by atoms with Crippen LogP contribution in [0.25, 0.3) is 6.08 Å². The first-order valence-electron chi connectivity index (χ1n) is 9.80. The number of likely N-dealkylation sites (tertiary alicyclic amines) is 1. The van der Waals surface area contributed by atoms with Gasteiger partial charge in [0.05, 0.1) is 12.2 Å². The molecule has 0 aromatic carbocycles. The molecule has 28 heavy (non-hydrogen) atoms. The summed E-state index contributed by atoms with van der Waals surface area (Å²) in [6.45, 7) is 3.77. The monoisotopic (exact) mass is 381 g/mol. The van der Waals surface area contributed by atoms with E-state index in [0.29, 0.717) is 25.4 Å². The van der Waals surface area contributed by atoms with Crippen molar-refractivity contribution in [3.8, 4) is 0 Å². The lowest BCUT2D eigenvalue weighted by Crippen LogP contribution is -2.39. The first-order chi connectivity index (χ1) is 13.6. The predicted octanol–water partition coefficient (Wildman–Crippen LogP) is 3.33. The zero-order valence-corrected chi connectivity index (χ0v) is 16.3. The van der Waals surface area contributed by atoms with Gasteiger partial charge in [0, 0.05) is 31.8 Å². The molecule has 1 N–H and O–H groups in total. The molecule has 2 aromatic heterocycles. The molecular formula is C22H27N3O3. The van der Waals surface area contributed by atoms with Crippen LogP contribution in [-0.2, 0) is 16.1 Å². The standard InChI is InChI=1S/C22H27N3O3/c1-17-7-10-20(28-17)15-24-21(26)11-8-18-5-4-14-25(16-18)22(27)12-9-19-6-2-3-13-23-19/h2-3,6-7,9-10,12-13,18H,4-5,8,11,14-16H2,1H3,(H,24,26)/b12-9+. The number of hydrogen-bond donors (Lipinski definition) is 1. The van der Waals surface area contributed by atoms with E-state index in [2.05, 4.69) is 10.3 Å². The lowest BCUT2D eigenvalue weighted by atomic mass is 9.93. The van der Waals surface area contributed by atoms with Crippen LogP contribution in [0.2, 0.25) is 0 Å². The Labute approximate surface area is 165 Å². The first kappa shape index (κ1) is 19.9. The van der Waals surface area contributed by atoms with E-state index in [-0.39, 0.29) is 11.8 Å². The molecule has 0 saturated carbocycles. The second-order valence-electron chi connectivity index (χ2n) is 7.21. The van der Waals surface area contributed by atoms with Crippen LogP contribution in [0, 0.1) is 12.8 Å². The Balaban J connectivity index is 1.41. The van der Waals surface area contributed by atoms with Crippen LogP contribution in [-0.4, -0.2) is 34.8 Å². The molecule has 1 aliphatic heterocycles. The quantitative estimate of drug-likeness (QED) is 0.747. The van der Waals surface area contributed by atoms with Crippen LogP contribution in [0.5, 0.6) is 0 Å². The molecule has 1 unspecified atom stereocenters. The number of nitrogens with one attached hydrogen (secondary N) is 1. The van der Waals surface area contributed by atoms with Gasteiger partial charge in [-0.05, 0) is 62.4 Å². The molecule has 6 heteroatoms. The van der Waals surface area contributed by atoms with E-state index in [9.17, 15) is 9.59 Å². The van der Waals surface area contributed by atoms with E-state index in [1.165, 1.54) is 0 Å². The van der Waals surface area contributed by atoms with Gasteiger partial charge in [-0.25, -0.2) is 0 Å². The minimum atomic E-state index is 0.00740. The summed E-state index contributed by atoms with van der Waals surface area (Å²) in [7, 11) is 0. The number of pyridine rings is 1. The van der Waals surface area contributed by atoms with Crippen LogP contribution in [0.15, 0.2) is 47.0 Å². The fraction of sp³-hybridized carbons (Fsp3) is 0.409. The largest absolute Gasteiger partial charge is 0.465 e. The van der Waals surface area contributed by atoms with Crippen LogP contribution in [0.3, 0.4) is 0 Å². The molecule has 0 bridgehead atoms. The fourth-order valence-corrected chi connectivity index (χ4v) is 3.43. The Bertz CT molecular complexity index is 813. The molecule has 0 aliphatic carbocycles. The fourth-order valence-electron chi connectivity index (χ4n) is 3.43. The Morgan fingerprint density at radius 2 is 2.21 bits per heavy atom. The predicted molar refractivity (Wildman–Crippen MR) is 107 cm³/mol. The Kier molecular flexibility index (Phi) is 7.00. The third kappa shape index (κ3) is 6.08. The average Bonchev–Trinajstić information content (AvgIpc) is 3.15. The van der Waals surface area contributed by atoms with Gasteiger partial charge in [-0.1, -0.05) is 6.07 Å². The van der Waals surface area contributed by atoms with Crippen molar-refractivity contribution in [1.29, 1.82) is 0 Å². The highest BCUT2D eigenvalue weighted by molar-refractivity contribution is 5.91. The molecule has 1 fully saturated rings. The summed E-state index contributed by atoms with van der Waals surface area (Å²) in [5.74, 6) is 1.99. The van der Waals surface area contributed by atoms with Crippen LogP contribution >= 0.6 is 0 Å². The summed E-state index contributed by atoms with van der Waals surface area (Å²) in [4.78, 5) is 30.6. The van der Waals surface area contributed by atoms with Crippen molar-refractivity contribution in [2.75, 3.05) is 13.1 Å². The second kappa shape index (κ2) is 9.88. The molecule has 0 spiro atoms. The third-order valence-electron chi connectivity index (χ3n) is 4.95. The molecule has 2 aromatic rings. The minimum absolute atomic E-state index is 0.00740. The summed E-state index contributed by atoms with van der Waals surface area (Å²) in [5, 5.41) is 2.89. The maximum absolute atomic E-state index is 12.4. The summed E-state index contributed by atoms with van der Waals surface area (Å²) in [6, 6.07) is 9.37. The zero-order chi connectivity index (χ0) is 19.8. The van der Waals surface area contributed by atoms with Crippen molar-refractivity contribution in [2.45, 2.75) is 39.2 Å². The number of aryl methyl sites for hydroxylation is 1. The Hall–Kier alpha value is -2.89. The van der Waals surface area contributed by atoms with Crippen molar-refractivity contribution in [2.24, 2.45) is 5.92 Å². The number of amides is 2. The van der Waals surface area contributed by atoms with E-state index < -0.39 is 0 Å². The maximum atomic E-state index is 12.4. The maximum Gasteiger partial charge on any atom is 0.246 e. The zero-order valence-electron chi connectivity index (χ0n) is 16.3. The molecule has 148 valence electrons. The van der Waals surface area contributed by atoms with Gasteiger partial charge in [-0.3, -0.25) is 14.6 Å². The van der Waals surface area contributed by atoms with Gasteiger partial charge in [0.1, 0.15) is 11.5 Å². The number of carbonyl (C=O) groups is 2. The van der Waals surface area contributed by atoms with Gasteiger partial charge in [-0.2, -0.15) is 0 Å². The molecular weight excluding hydrogens is 354 g/mol. The van der Waals surface area contributed by atoms with E-state index in [1.54, 1.807) is 18.3 Å². The Morgan fingerprint density at radius 3 is 2.96 bits per heavy atom. The molecule has 1 saturated heterocycles. The molecule has 1 aliphatic rings. The van der Waals surface area contributed by atoms with Crippen molar-refractivity contribution >= 4 is 17.9 Å². The summed E-state index contributed by atoms with van der Waals surface area (Å²) in [6.07, 6.45) is 8.32. The highest BCUT2D eigenvalue weighted by Crippen LogP contribution is 2.21. The molecule has 2 amide bonds. The van der Waals surface area contributed by atoms with Crippen molar-refractivity contribution < 1.29 is 14.0 Å². The highest BCUT2D eigenvalue weighted by atomic mass is 16.3. The topological polar surface area (TPSA) is 75.4 Å². The van der Waals surface area contributed by atoms with E-state index in [4.69, 9.17) is 4.42 Å². The van der Waals surface area contributed by atoms with Gasteiger partial charge >= 0.3 is 0 Å². The van der Waals surface area contributed by atoms with Crippen molar-refractivity contribution in [3.63, 3.8) is 0 Å². The SMILES string of the molecule is Cc1ccc(CNC(=O)CCC2CCCN(C(=O)/C=C/c3ccccn3)C2)o1. The van der Waals surface area contributed by atoms with Gasteiger partial charge in [0.25, 0.3) is 0 Å². The van der Waals surface area contributed by atoms with Gasteiger partial charge in [0.2, 0.25) is 11.8 Å². The van der Waals surface area contributed by atoms with Gasteiger partial charge < -0.3 is 14.6 Å². The highest BCUT2D eigenvalue weighted by Gasteiger charge is 2.23. The molecule has 3 heterocycles. The summed E-state index contributed by atoms with van der Waals surface area (Å²) in [5.41, 5.74) is 0.771. The molecule has 0 radical (unpaired) electrons. The Morgan fingerprint density at radius 1 is 1.32 bits per heavy atom. The number of furan rings is 1. The smallest absolute Gasteiger partial charge is 0.246 e. The van der Waals surface area contributed by atoms with E-state index in [1.807, 2.05) is 42.2 Å². The third-order valence-corrected chi connectivity index (χ3v) is 4.95. The first-order valence-corrected chi connectivity index (χ1v) is 9.80. The number of hydrogen-bond acceptors (Lipinski definition) is 4. The summed E-state index contributed by atoms with van der Waals surface area (Å²) >= 11 is 0. The number of rotatable bonds is 7. The second-order valence-corrected chi connectivity index (χ2v) is 7.21. The minimum Gasteiger partial charge on any atom is -0.465 e. The van der Waals surface area contributed by atoms with Gasteiger partial charge in [0.15, 0.2) is 0 Å². The lowest BCUT2D eigenvalue weighted by Gasteiger charge is -2.32. The van der Waals surface area contributed by atoms with Crippen molar-refractivity contribution in [3.05, 3.63) is 59.8 Å². The van der Waals surface area contributed by atoms with Gasteiger partial charge in [-0.15, -0.1) is 0 Å². The van der Waals surface area contributed by atoms with Crippen LogP contribution < -0.4 is 5.32 Å². The molecule has 1 atom stereocenters. The van der Waals surface area contributed by atoms with Crippen LogP contribution in [0.1, 0.15) is 42.9 Å².